The number of aliphatic hydroxyl groups is 1. The monoisotopic (exact) mass is 206 g/mol. The first-order valence-electron chi connectivity index (χ1n) is 5.16. The maximum absolute atomic E-state index is 11.4. The predicted molar refractivity (Wildman–Crippen MR) is 55.5 cm³/mol. The molecule has 0 radical (unpaired) electrons. The second-order valence-corrected chi connectivity index (χ2v) is 3.91. The number of benzene rings is 1. The molecule has 80 valence electrons. The van der Waals surface area contributed by atoms with Gasteiger partial charge in [0.25, 0.3) is 0 Å². The lowest BCUT2D eigenvalue weighted by atomic mass is 10.0. The first-order valence-corrected chi connectivity index (χ1v) is 5.16. The number of ether oxygens (including phenoxy) is 1. The van der Waals surface area contributed by atoms with Gasteiger partial charge in [0.1, 0.15) is 6.10 Å². The normalized spacial score (nSPS) is 20.9. The van der Waals surface area contributed by atoms with Crippen LogP contribution < -0.4 is 0 Å². The van der Waals surface area contributed by atoms with E-state index in [1.54, 1.807) is 13.0 Å². The summed E-state index contributed by atoms with van der Waals surface area (Å²) in [6, 6.07) is 7.42. The molecule has 0 spiro atoms. The van der Waals surface area contributed by atoms with Crippen LogP contribution in [0.1, 0.15) is 41.8 Å². The molecule has 2 rings (SSSR count). The van der Waals surface area contributed by atoms with Gasteiger partial charge in [-0.05, 0) is 25.8 Å². The summed E-state index contributed by atoms with van der Waals surface area (Å²) >= 11 is 0. The van der Waals surface area contributed by atoms with Crippen LogP contribution in [0.5, 0.6) is 0 Å². The first kappa shape index (κ1) is 10.2. The van der Waals surface area contributed by atoms with E-state index in [1.807, 2.05) is 18.2 Å². The third-order valence-corrected chi connectivity index (χ3v) is 2.62. The van der Waals surface area contributed by atoms with E-state index in [9.17, 15) is 9.90 Å². The zero-order valence-corrected chi connectivity index (χ0v) is 8.64. The Morgan fingerprint density at radius 3 is 2.93 bits per heavy atom. The van der Waals surface area contributed by atoms with Crippen LogP contribution in [0.4, 0.5) is 0 Å². The van der Waals surface area contributed by atoms with Gasteiger partial charge in [0.2, 0.25) is 0 Å². The smallest absolute Gasteiger partial charge is 0.339 e. The standard InChI is InChI=1S/C12H14O3/c1-8(13)6-7-11-9-4-2-3-5-10(9)12(14)15-11/h2-5,8,11,13H,6-7H2,1H3/t8-,11+/m1/s1. The van der Waals surface area contributed by atoms with Gasteiger partial charge in [-0.1, -0.05) is 18.2 Å². The summed E-state index contributed by atoms with van der Waals surface area (Å²) in [4.78, 5) is 11.4. The average Bonchev–Trinajstić information content (AvgIpc) is 2.54. The molecule has 1 heterocycles. The molecule has 0 aromatic heterocycles. The van der Waals surface area contributed by atoms with Crippen molar-refractivity contribution in [3.8, 4) is 0 Å². The fourth-order valence-corrected chi connectivity index (χ4v) is 1.83. The fourth-order valence-electron chi connectivity index (χ4n) is 1.83. The van der Waals surface area contributed by atoms with E-state index in [1.165, 1.54) is 0 Å². The molecule has 15 heavy (non-hydrogen) atoms. The van der Waals surface area contributed by atoms with Crippen LogP contribution >= 0.6 is 0 Å². The Morgan fingerprint density at radius 2 is 2.20 bits per heavy atom. The molecule has 0 aliphatic carbocycles. The van der Waals surface area contributed by atoms with Gasteiger partial charge in [-0.3, -0.25) is 0 Å². The van der Waals surface area contributed by atoms with Crippen LogP contribution in [0.15, 0.2) is 24.3 Å². The molecule has 1 N–H and O–H groups in total. The minimum atomic E-state index is -0.350. The Balaban J connectivity index is 2.14. The SMILES string of the molecule is C[C@@H](O)CC[C@@H]1OC(=O)c2ccccc21. The first-order chi connectivity index (χ1) is 7.18. The Labute approximate surface area is 88.7 Å². The number of cyclic esters (lactones) is 1. The van der Waals surface area contributed by atoms with Gasteiger partial charge in [-0.25, -0.2) is 4.79 Å². The molecule has 0 saturated heterocycles. The van der Waals surface area contributed by atoms with Gasteiger partial charge in [-0.2, -0.15) is 0 Å². The van der Waals surface area contributed by atoms with E-state index in [4.69, 9.17) is 4.74 Å². The van der Waals surface area contributed by atoms with Crippen LogP contribution in [0.2, 0.25) is 0 Å². The third-order valence-electron chi connectivity index (χ3n) is 2.62. The molecule has 0 bridgehead atoms. The lowest BCUT2D eigenvalue weighted by Gasteiger charge is -2.11. The van der Waals surface area contributed by atoms with Gasteiger partial charge < -0.3 is 9.84 Å². The summed E-state index contributed by atoms with van der Waals surface area (Å²) < 4.78 is 5.23. The number of aliphatic hydroxyl groups excluding tert-OH is 1. The molecule has 0 saturated carbocycles. The molecule has 1 aromatic carbocycles. The van der Waals surface area contributed by atoms with E-state index in [0.717, 1.165) is 5.56 Å². The van der Waals surface area contributed by atoms with Crippen LogP contribution in [-0.4, -0.2) is 17.2 Å². The molecular formula is C12H14O3. The molecule has 0 amide bonds. The number of rotatable bonds is 3. The van der Waals surface area contributed by atoms with Crippen LogP contribution in [0, 0.1) is 0 Å². The van der Waals surface area contributed by atoms with E-state index in [2.05, 4.69) is 0 Å². The zero-order chi connectivity index (χ0) is 10.8. The minimum Gasteiger partial charge on any atom is -0.454 e. The maximum atomic E-state index is 11.4. The Kier molecular flexibility index (Phi) is 2.73. The van der Waals surface area contributed by atoms with Gasteiger partial charge in [-0.15, -0.1) is 0 Å². The number of esters is 1. The van der Waals surface area contributed by atoms with Crippen LogP contribution in [0.25, 0.3) is 0 Å². The summed E-state index contributed by atoms with van der Waals surface area (Å²) in [5, 5.41) is 9.19. The number of hydrogen-bond acceptors (Lipinski definition) is 3. The number of carbonyl (C=O) groups is 1. The third kappa shape index (κ3) is 2.02. The van der Waals surface area contributed by atoms with Crippen molar-refractivity contribution in [3.63, 3.8) is 0 Å². The molecular weight excluding hydrogens is 192 g/mol. The second-order valence-electron chi connectivity index (χ2n) is 3.91. The second kappa shape index (κ2) is 4.03. The minimum absolute atomic E-state index is 0.178. The predicted octanol–water partition coefficient (Wildman–Crippen LogP) is 2.06. The fraction of sp³-hybridized carbons (Fsp3) is 0.417. The van der Waals surface area contributed by atoms with Gasteiger partial charge in [0.05, 0.1) is 11.7 Å². The number of carbonyl (C=O) groups excluding carboxylic acids is 1. The zero-order valence-electron chi connectivity index (χ0n) is 8.64. The summed E-state index contributed by atoms with van der Waals surface area (Å²) in [6.07, 6.45) is 0.798. The molecule has 1 aliphatic heterocycles. The Morgan fingerprint density at radius 1 is 1.47 bits per heavy atom. The maximum Gasteiger partial charge on any atom is 0.339 e. The Hall–Kier alpha value is -1.35. The van der Waals surface area contributed by atoms with Crippen molar-refractivity contribution in [2.45, 2.75) is 32.0 Å². The summed E-state index contributed by atoms with van der Waals surface area (Å²) in [5.41, 5.74) is 1.61. The molecule has 2 atom stereocenters. The highest BCUT2D eigenvalue weighted by Crippen LogP contribution is 2.33. The highest BCUT2D eigenvalue weighted by atomic mass is 16.5. The van der Waals surface area contributed by atoms with E-state index in [-0.39, 0.29) is 18.2 Å². The van der Waals surface area contributed by atoms with Crippen molar-refractivity contribution in [2.24, 2.45) is 0 Å². The van der Waals surface area contributed by atoms with Crippen LogP contribution in [0.3, 0.4) is 0 Å². The largest absolute Gasteiger partial charge is 0.454 e. The van der Waals surface area contributed by atoms with Crippen LogP contribution in [-0.2, 0) is 4.74 Å². The lowest BCUT2D eigenvalue weighted by molar-refractivity contribution is 0.0333. The van der Waals surface area contributed by atoms with E-state index >= 15 is 0 Å². The van der Waals surface area contributed by atoms with Gasteiger partial charge in [0, 0.05) is 5.56 Å². The Bertz CT molecular complexity index is 371. The van der Waals surface area contributed by atoms with Gasteiger partial charge >= 0.3 is 5.97 Å². The highest BCUT2D eigenvalue weighted by Gasteiger charge is 2.30. The topological polar surface area (TPSA) is 46.5 Å². The molecule has 3 nitrogen and oxygen atoms in total. The summed E-state index contributed by atoms with van der Waals surface area (Å²) in [6.45, 7) is 1.74. The van der Waals surface area contributed by atoms with E-state index < -0.39 is 0 Å². The number of hydrogen-bond donors (Lipinski definition) is 1. The summed E-state index contributed by atoms with van der Waals surface area (Å²) in [7, 11) is 0. The lowest BCUT2D eigenvalue weighted by Crippen LogP contribution is -2.05. The van der Waals surface area contributed by atoms with E-state index in [0.29, 0.717) is 18.4 Å². The van der Waals surface area contributed by atoms with Gasteiger partial charge in [0.15, 0.2) is 0 Å². The van der Waals surface area contributed by atoms with Crippen molar-refractivity contribution < 1.29 is 14.6 Å². The molecule has 0 fully saturated rings. The summed E-state index contributed by atoms with van der Waals surface area (Å²) in [5.74, 6) is -0.249. The molecule has 3 heteroatoms. The molecule has 1 aromatic rings. The highest BCUT2D eigenvalue weighted by molar-refractivity contribution is 5.93. The van der Waals surface area contributed by atoms with Crippen molar-refractivity contribution in [3.05, 3.63) is 35.4 Å². The van der Waals surface area contributed by atoms with Crippen molar-refractivity contribution >= 4 is 5.97 Å². The molecule has 0 unspecified atom stereocenters. The molecule has 1 aliphatic rings. The van der Waals surface area contributed by atoms with Crippen molar-refractivity contribution in [1.82, 2.24) is 0 Å². The van der Waals surface area contributed by atoms with Crippen molar-refractivity contribution in [1.29, 1.82) is 0 Å². The number of fused-ring (bicyclic) bond motifs is 1. The average molecular weight is 206 g/mol. The quantitative estimate of drug-likeness (QED) is 0.770. The van der Waals surface area contributed by atoms with Crippen molar-refractivity contribution in [2.75, 3.05) is 0 Å².